The third kappa shape index (κ3) is 2.36. The first-order valence-corrected chi connectivity index (χ1v) is 7.15. The van der Waals surface area contributed by atoms with E-state index in [1.54, 1.807) is 0 Å². The standard InChI is InChI=1S/C17H21ClN2/c1-6-14-13(4)20(11-19(5)16(14)7-2)17-12(3)9-8-10-15(17)18/h6-10H,4,11H2,1-3,5H3/b14-6-,16-7?. The number of allylic oxidation sites excluding steroid dienone is 2. The zero-order valence-electron chi connectivity index (χ0n) is 12.6. The Labute approximate surface area is 126 Å². The summed E-state index contributed by atoms with van der Waals surface area (Å²) in [5.74, 6) is 0. The molecule has 1 saturated heterocycles. The molecule has 0 unspecified atom stereocenters. The minimum absolute atomic E-state index is 0.750. The number of hydrogen-bond donors (Lipinski definition) is 0. The van der Waals surface area contributed by atoms with Crippen LogP contribution < -0.4 is 4.90 Å². The van der Waals surface area contributed by atoms with Crippen molar-refractivity contribution in [1.82, 2.24) is 4.90 Å². The molecule has 106 valence electrons. The second-order valence-corrected chi connectivity index (χ2v) is 5.40. The highest BCUT2D eigenvalue weighted by Gasteiger charge is 2.27. The van der Waals surface area contributed by atoms with Crippen molar-refractivity contribution in [2.45, 2.75) is 20.8 Å². The molecule has 0 atom stereocenters. The molecule has 0 aliphatic carbocycles. The van der Waals surface area contributed by atoms with Gasteiger partial charge in [0.05, 0.1) is 17.4 Å². The highest BCUT2D eigenvalue weighted by molar-refractivity contribution is 6.33. The molecule has 1 aliphatic heterocycles. The molecule has 0 radical (unpaired) electrons. The lowest BCUT2D eigenvalue weighted by molar-refractivity contribution is 0.410. The second kappa shape index (κ2) is 5.76. The molecule has 20 heavy (non-hydrogen) atoms. The average molecular weight is 289 g/mol. The van der Waals surface area contributed by atoms with Crippen molar-refractivity contribution >= 4 is 17.3 Å². The summed E-state index contributed by atoms with van der Waals surface area (Å²) in [5.41, 5.74) is 5.56. The molecule has 0 amide bonds. The molecule has 0 N–H and O–H groups in total. The maximum absolute atomic E-state index is 6.40. The normalized spacial score (nSPS) is 20.1. The fourth-order valence-electron chi connectivity index (χ4n) is 2.73. The zero-order valence-corrected chi connectivity index (χ0v) is 13.3. The van der Waals surface area contributed by atoms with Gasteiger partial charge in [-0.05, 0) is 32.4 Å². The third-order valence-corrected chi connectivity index (χ3v) is 4.00. The van der Waals surface area contributed by atoms with Crippen LogP contribution in [-0.4, -0.2) is 18.6 Å². The van der Waals surface area contributed by atoms with Gasteiger partial charge in [-0.25, -0.2) is 0 Å². The van der Waals surface area contributed by atoms with Crippen molar-refractivity contribution in [3.8, 4) is 0 Å². The SMILES string of the molecule is C=C1/C(=C/C)C(=CC)N(C)CN1c1c(C)cccc1Cl. The van der Waals surface area contributed by atoms with Gasteiger partial charge in [0.15, 0.2) is 0 Å². The van der Waals surface area contributed by atoms with E-state index in [-0.39, 0.29) is 0 Å². The van der Waals surface area contributed by atoms with E-state index >= 15 is 0 Å². The van der Waals surface area contributed by atoms with Gasteiger partial charge in [0.2, 0.25) is 0 Å². The third-order valence-electron chi connectivity index (χ3n) is 3.70. The Hall–Kier alpha value is -1.67. The van der Waals surface area contributed by atoms with Crippen LogP contribution in [0, 0.1) is 6.92 Å². The molecule has 1 fully saturated rings. The van der Waals surface area contributed by atoms with Gasteiger partial charge in [0.1, 0.15) is 0 Å². The van der Waals surface area contributed by atoms with Crippen molar-refractivity contribution < 1.29 is 0 Å². The van der Waals surface area contributed by atoms with E-state index in [9.17, 15) is 0 Å². The summed E-state index contributed by atoms with van der Waals surface area (Å²) in [6.45, 7) is 11.2. The van der Waals surface area contributed by atoms with Crippen LogP contribution in [0.2, 0.25) is 5.02 Å². The van der Waals surface area contributed by atoms with Gasteiger partial charge in [-0.2, -0.15) is 0 Å². The topological polar surface area (TPSA) is 6.48 Å². The van der Waals surface area contributed by atoms with E-state index in [1.165, 1.54) is 5.70 Å². The van der Waals surface area contributed by atoms with Crippen molar-refractivity contribution in [1.29, 1.82) is 0 Å². The van der Waals surface area contributed by atoms with Crippen molar-refractivity contribution in [3.05, 3.63) is 64.5 Å². The molecule has 1 aromatic carbocycles. The predicted octanol–water partition coefficient (Wildman–Crippen LogP) is 4.72. The fourth-order valence-corrected chi connectivity index (χ4v) is 3.06. The Morgan fingerprint density at radius 3 is 2.50 bits per heavy atom. The van der Waals surface area contributed by atoms with Gasteiger partial charge in [0.25, 0.3) is 0 Å². The van der Waals surface area contributed by atoms with E-state index in [0.29, 0.717) is 0 Å². The maximum Gasteiger partial charge on any atom is 0.0949 e. The first-order chi connectivity index (χ1) is 9.51. The van der Waals surface area contributed by atoms with Crippen LogP contribution in [0.3, 0.4) is 0 Å². The Kier molecular flexibility index (Phi) is 4.24. The number of rotatable bonds is 1. The molecule has 0 spiro atoms. The average Bonchev–Trinajstić information content (AvgIpc) is 2.41. The summed E-state index contributed by atoms with van der Waals surface area (Å²) in [4.78, 5) is 4.40. The summed E-state index contributed by atoms with van der Waals surface area (Å²) in [5, 5.41) is 0.763. The van der Waals surface area contributed by atoms with Crippen LogP contribution >= 0.6 is 11.6 Å². The number of hydrogen-bond acceptors (Lipinski definition) is 2. The van der Waals surface area contributed by atoms with Gasteiger partial charge in [0, 0.05) is 24.0 Å². The van der Waals surface area contributed by atoms with E-state index in [2.05, 4.69) is 55.5 Å². The van der Waals surface area contributed by atoms with Gasteiger partial charge >= 0.3 is 0 Å². The number of para-hydroxylation sites is 1. The number of likely N-dealkylation sites (N-methyl/N-ethyl adjacent to an activating group) is 1. The minimum Gasteiger partial charge on any atom is -0.356 e. The molecule has 3 heteroatoms. The molecular formula is C17H21ClN2. The van der Waals surface area contributed by atoms with E-state index in [1.807, 2.05) is 19.1 Å². The van der Waals surface area contributed by atoms with Crippen molar-refractivity contribution in [3.63, 3.8) is 0 Å². The summed E-state index contributed by atoms with van der Waals surface area (Å²) in [7, 11) is 2.09. The Bertz CT molecular complexity index is 579. The number of benzene rings is 1. The van der Waals surface area contributed by atoms with E-state index in [0.717, 1.165) is 34.2 Å². The minimum atomic E-state index is 0.750. The predicted molar refractivity (Wildman–Crippen MR) is 88.0 cm³/mol. The lowest BCUT2D eigenvalue weighted by Crippen LogP contribution is -2.41. The number of anilines is 1. The number of aryl methyl sites for hydroxylation is 1. The van der Waals surface area contributed by atoms with Gasteiger partial charge in [-0.1, -0.05) is 42.5 Å². The van der Waals surface area contributed by atoms with E-state index in [4.69, 9.17) is 11.6 Å². The molecule has 2 nitrogen and oxygen atoms in total. The fraction of sp³-hybridized carbons (Fsp3) is 0.294. The van der Waals surface area contributed by atoms with Gasteiger partial charge < -0.3 is 9.80 Å². The van der Waals surface area contributed by atoms with Crippen LogP contribution in [0.25, 0.3) is 0 Å². The Balaban J connectivity index is 2.52. The molecule has 0 bridgehead atoms. The van der Waals surface area contributed by atoms with Gasteiger partial charge in [-0.15, -0.1) is 0 Å². The summed E-state index contributed by atoms with van der Waals surface area (Å²) in [6, 6.07) is 5.98. The summed E-state index contributed by atoms with van der Waals surface area (Å²) >= 11 is 6.40. The van der Waals surface area contributed by atoms with Crippen LogP contribution in [0.15, 0.2) is 53.9 Å². The summed E-state index contributed by atoms with van der Waals surface area (Å²) < 4.78 is 0. The van der Waals surface area contributed by atoms with E-state index < -0.39 is 0 Å². The van der Waals surface area contributed by atoms with Crippen LogP contribution in [0.4, 0.5) is 5.69 Å². The largest absolute Gasteiger partial charge is 0.356 e. The highest BCUT2D eigenvalue weighted by Crippen LogP contribution is 2.38. The molecule has 1 aliphatic rings. The lowest BCUT2D eigenvalue weighted by atomic mass is 10.0. The monoisotopic (exact) mass is 288 g/mol. The molecule has 1 heterocycles. The van der Waals surface area contributed by atoms with Crippen LogP contribution in [0.5, 0.6) is 0 Å². The highest BCUT2D eigenvalue weighted by atomic mass is 35.5. The molecule has 2 rings (SSSR count). The maximum atomic E-state index is 6.40. The van der Waals surface area contributed by atoms with Crippen LogP contribution in [-0.2, 0) is 0 Å². The Morgan fingerprint density at radius 2 is 1.95 bits per heavy atom. The van der Waals surface area contributed by atoms with Crippen molar-refractivity contribution in [2.24, 2.45) is 0 Å². The lowest BCUT2D eigenvalue weighted by Gasteiger charge is -2.41. The smallest absolute Gasteiger partial charge is 0.0949 e. The molecule has 0 saturated carbocycles. The Morgan fingerprint density at radius 1 is 1.25 bits per heavy atom. The summed E-state index contributed by atoms with van der Waals surface area (Å²) in [6.07, 6.45) is 4.23. The number of halogens is 1. The molecule has 0 aromatic heterocycles. The molecule has 1 aromatic rings. The first kappa shape index (κ1) is 14.7. The quantitative estimate of drug-likeness (QED) is 0.738. The van der Waals surface area contributed by atoms with Crippen LogP contribution in [0.1, 0.15) is 19.4 Å². The van der Waals surface area contributed by atoms with Gasteiger partial charge in [-0.3, -0.25) is 0 Å². The second-order valence-electron chi connectivity index (χ2n) is 5.00. The molecular weight excluding hydrogens is 268 g/mol. The van der Waals surface area contributed by atoms with Crippen molar-refractivity contribution in [2.75, 3.05) is 18.6 Å². The zero-order chi connectivity index (χ0) is 14.9. The first-order valence-electron chi connectivity index (χ1n) is 6.77. The number of nitrogens with zero attached hydrogens (tertiary/aromatic N) is 2.